The van der Waals surface area contributed by atoms with Gasteiger partial charge in [0, 0.05) is 12.8 Å². The minimum absolute atomic E-state index is 0.0311. The van der Waals surface area contributed by atoms with Crippen molar-refractivity contribution in [2.45, 2.75) is 109 Å². The molecule has 5 amide bonds. The van der Waals surface area contributed by atoms with Crippen LogP contribution < -0.4 is 21.7 Å². The average molecular weight is 622 g/mol. The molecule has 1 spiro atoms. The number of ketones is 1. The summed E-state index contributed by atoms with van der Waals surface area (Å²) in [4.78, 5) is 67.3. The van der Waals surface area contributed by atoms with E-state index in [1.165, 1.54) is 0 Å². The van der Waals surface area contributed by atoms with Crippen LogP contribution in [0.25, 0.3) is 0 Å². The fraction of sp³-hybridized carbons (Fsp3) is 0.833. The van der Waals surface area contributed by atoms with Gasteiger partial charge in [-0.3, -0.25) is 19.2 Å². The number of hydrogen-bond acceptors (Lipinski definition) is 7. The number of primary amides is 1. The Morgan fingerprint density at radius 1 is 0.977 bits per heavy atom. The van der Waals surface area contributed by atoms with E-state index in [0.29, 0.717) is 25.8 Å². The molecule has 12 nitrogen and oxygen atoms in total. The number of amides is 5. The first kappa shape index (κ1) is 31.7. The van der Waals surface area contributed by atoms with E-state index in [-0.39, 0.29) is 28.9 Å². The molecule has 5 aliphatic rings. The molecule has 5 atom stereocenters. The predicted octanol–water partition coefficient (Wildman–Crippen LogP) is 1.02. The van der Waals surface area contributed by atoms with Gasteiger partial charge in [-0.2, -0.15) is 0 Å². The molecule has 13 heteroatoms. The number of rotatable bonds is 11. The smallest absolute Gasteiger partial charge is 0.315 e. The molecule has 1 saturated heterocycles. The van der Waals surface area contributed by atoms with Gasteiger partial charge in [0.1, 0.15) is 21.9 Å². The van der Waals surface area contributed by atoms with E-state index in [1.54, 1.807) is 4.90 Å². The summed E-state index contributed by atoms with van der Waals surface area (Å²) < 4.78 is 24.5. The quantitative estimate of drug-likeness (QED) is 0.248. The second-order valence-corrected chi connectivity index (χ2v) is 17.2. The number of hydrogen-bond donors (Lipinski definition) is 4. The monoisotopic (exact) mass is 621 g/mol. The Kier molecular flexibility index (Phi) is 8.13. The van der Waals surface area contributed by atoms with Gasteiger partial charge >= 0.3 is 6.03 Å². The van der Waals surface area contributed by atoms with Gasteiger partial charge < -0.3 is 26.6 Å². The number of nitrogens with two attached hydrogens (primary N) is 1. The second-order valence-electron chi connectivity index (χ2n) is 15.1. The molecule has 0 aromatic rings. The van der Waals surface area contributed by atoms with Gasteiger partial charge in [0.15, 0.2) is 0 Å². The molecule has 1 heterocycles. The summed E-state index contributed by atoms with van der Waals surface area (Å²) in [5, 5.41) is 8.54. The van der Waals surface area contributed by atoms with Crippen LogP contribution in [0, 0.1) is 28.6 Å². The molecule has 43 heavy (non-hydrogen) atoms. The number of Topliss-reactive ketones (excluding diaryl/α,β-unsaturated/α-hetero) is 1. The lowest BCUT2D eigenvalue weighted by atomic mass is 9.83. The van der Waals surface area contributed by atoms with Gasteiger partial charge in [-0.25, -0.2) is 13.2 Å². The van der Waals surface area contributed by atoms with Crippen LogP contribution in [0.15, 0.2) is 0 Å². The van der Waals surface area contributed by atoms with Crippen molar-refractivity contribution in [2.24, 2.45) is 34.3 Å². The largest absolute Gasteiger partial charge is 0.363 e. The van der Waals surface area contributed by atoms with E-state index in [9.17, 15) is 32.4 Å². The first-order valence-electron chi connectivity index (χ1n) is 15.7. The molecule has 5 fully saturated rings. The number of carbonyl (C=O) groups is 5. The summed E-state index contributed by atoms with van der Waals surface area (Å²) in [6.45, 7) is 5.86. The third-order valence-electron chi connectivity index (χ3n) is 10.4. The number of fused-ring (bicyclic) bond motifs is 3. The lowest BCUT2D eigenvalue weighted by Gasteiger charge is -2.40. The van der Waals surface area contributed by atoms with E-state index in [2.05, 4.69) is 16.0 Å². The number of carbonyl (C=O) groups excluding carboxylic acids is 5. The highest BCUT2D eigenvalue weighted by Crippen LogP contribution is 2.78. The molecule has 5 rings (SSSR count). The van der Waals surface area contributed by atoms with Gasteiger partial charge in [-0.05, 0) is 60.7 Å². The molecule has 0 bridgehead atoms. The molecule has 0 aromatic heterocycles. The van der Waals surface area contributed by atoms with Crippen molar-refractivity contribution >= 4 is 39.4 Å². The van der Waals surface area contributed by atoms with Gasteiger partial charge in [-0.1, -0.05) is 52.9 Å². The van der Waals surface area contributed by atoms with Crippen molar-refractivity contribution in [1.29, 1.82) is 0 Å². The van der Waals surface area contributed by atoms with Crippen LogP contribution in [-0.4, -0.2) is 85.1 Å². The van der Waals surface area contributed by atoms with E-state index in [1.807, 2.05) is 20.8 Å². The van der Waals surface area contributed by atoms with Crippen LogP contribution in [0.3, 0.4) is 0 Å². The van der Waals surface area contributed by atoms with Crippen LogP contribution in [0.5, 0.6) is 0 Å². The number of urea groups is 1. The number of nitrogens with one attached hydrogen (secondary N) is 3. The molecule has 5 N–H and O–H groups in total. The maximum Gasteiger partial charge on any atom is 0.315 e. The average Bonchev–Trinajstić information content (AvgIpc) is 3.85. The maximum absolute atomic E-state index is 14.2. The zero-order chi connectivity index (χ0) is 31.5. The highest BCUT2D eigenvalue weighted by atomic mass is 32.2. The van der Waals surface area contributed by atoms with Crippen LogP contribution in [0.4, 0.5) is 4.79 Å². The van der Waals surface area contributed by atoms with Crippen LogP contribution in [0.1, 0.15) is 85.0 Å². The summed E-state index contributed by atoms with van der Waals surface area (Å²) in [5.41, 5.74) is 3.71. The summed E-state index contributed by atoms with van der Waals surface area (Å²) in [5.74, 6) is -2.56. The minimum Gasteiger partial charge on any atom is -0.363 e. The third-order valence-corrected chi connectivity index (χ3v) is 11.5. The second kappa shape index (κ2) is 11.0. The first-order valence-corrected chi connectivity index (χ1v) is 17.7. The first-order chi connectivity index (χ1) is 20.0. The molecule has 4 aliphatic carbocycles. The van der Waals surface area contributed by atoms with E-state index >= 15 is 0 Å². The topological polar surface area (TPSA) is 185 Å². The molecular weight excluding hydrogens is 574 g/mol. The molecular formula is C30H47N5O7S. The van der Waals surface area contributed by atoms with Crippen molar-refractivity contribution in [3.05, 3.63) is 0 Å². The van der Waals surface area contributed by atoms with E-state index in [0.717, 1.165) is 51.2 Å². The Morgan fingerprint density at radius 2 is 1.60 bits per heavy atom. The fourth-order valence-electron chi connectivity index (χ4n) is 7.95. The van der Waals surface area contributed by atoms with Crippen molar-refractivity contribution in [3.63, 3.8) is 0 Å². The SMILES string of the molecule is CC(C)(C)[C@H](NC(=O)NC1(CS(C)(=O)=O)CCCCC1)C(=O)N1CC2C([C@H]1C(=O)NC(CC1CC1)C(=O)C(N)=O)C21CC1. The molecule has 3 unspecified atom stereocenters. The van der Waals surface area contributed by atoms with Gasteiger partial charge in [0.25, 0.3) is 5.91 Å². The van der Waals surface area contributed by atoms with E-state index < -0.39 is 68.5 Å². The Hall–Kier alpha value is -2.70. The van der Waals surface area contributed by atoms with Crippen LogP contribution >= 0.6 is 0 Å². The van der Waals surface area contributed by atoms with Gasteiger partial charge in [-0.15, -0.1) is 0 Å². The zero-order valence-corrected chi connectivity index (χ0v) is 26.6. The van der Waals surface area contributed by atoms with Crippen LogP contribution in [-0.2, 0) is 29.0 Å². The summed E-state index contributed by atoms with van der Waals surface area (Å²) in [7, 11) is -3.38. The zero-order valence-electron chi connectivity index (χ0n) is 25.7. The fourth-order valence-corrected chi connectivity index (χ4v) is 9.31. The molecule has 0 radical (unpaired) electrons. The Balaban J connectivity index is 1.34. The summed E-state index contributed by atoms with van der Waals surface area (Å²) >= 11 is 0. The van der Waals surface area contributed by atoms with Crippen molar-refractivity contribution in [3.8, 4) is 0 Å². The normalized spacial score (nSPS) is 28.3. The highest BCUT2D eigenvalue weighted by Gasteiger charge is 2.79. The Labute approximate surface area is 253 Å². The van der Waals surface area contributed by atoms with Gasteiger partial charge in [0.2, 0.25) is 17.6 Å². The summed E-state index contributed by atoms with van der Waals surface area (Å²) in [6, 6.07) is -3.44. The lowest BCUT2D eigenvalue weighted by molar-refractivity contribution is -0.144. The van der Waals surface area contributed by atoms with Crippen molar-refractivity contribution < 1.29 is 32.4 Å². The van der Waals surface area contributed by atoms with Crippen molar-refractivity contribution in [2.75, 3.05) is 18.6 Å². The lowest BCUT2D eigenvalue weighted by Crippen LogP contribution is -2.63. The van der Waals surface area contributed by atoms with E-state index in [4.69, 9.17) is 5.73 Å². The number of sulfone groups is 1. The van der Waals surface area contributed by atoms with Crippen molar-refractivity contribution in [1.82, 2.24) is 20.9 Å². The standard InChI is InChI=1S/C30H47N5O7S/c1-28(2,3)23(33-27(40)34-29(16-43(4,41)42)10-6-5-7-11-29)26(39)35-15-18-20(30(18)12-13-30)21(35)25(38)32-19(14-17-8-9-17)22(36)24(31)37/h17-21,23H,5-16H2,1-4H3,(H2,31,37)(H,32,38)(H2,33,34,40)/t18?,19?,20?,21-,23+/m0/s1. The molecule has 1 aliphatic heterocycles. The molecule has 4 saturated carbocycles. The summed E-state index contributed by atoms with van der Waals surface area (Å²) in [6.07, 6.45) is 8.96. The van der Waals surface area contributed by atoms with Crippen LogP contribution in [0.2, 0.25) is 0 Å². The Bertz CT molecular complexity index is 1290. The molecule has 0 aromatic carbocycles. The highest BCUT2D eigenvalue weighted by molar-refractivity contribution is 7.90. The maximum atomic E-state index is 14.2. The number of piperidine rings is 1. The van der Waals surface area contributed by atoms with Gasteiger partial charge in [0.05, 0.1) is 17.3 Å². The predicted molar refractivity (Wildman–Crippen MR) is 158 cm³/mol. The Morgan fingerprint density at radius 3 is 2.12 bits per heavy atom. The number of likely N-dealkylation sites (tertiary alicyclic amines) is 1. The number of nitrogens with zero attached hydrogens (tertiary/aromatic N) is 1. The third kappa shape index (κ3) is 6.71. The molecule has 240 valence electrons. The minimum atomic E-state index is -3.38.